The molecule has 1 rings (SSSR count). The number of hydrogen-bond acceptors (Lipinski definition) is 5. The van der Waals surface area contributed by atoms with Gasteiger partial charge in [-0.1, -0.05) is 74.6 Å². The van der Waals surface area contributed by atoms with Crippen molar-refractivity contribution in [1.82, 2.24) is 10.6 Å². The van der Waals surface area contributed by atoms with E-state index in [9.17, 15) is 19.5 Å². The second-order valence-electron chi connectivity index (χ2n) is 9.68. The van der Waals surface area contributed by atoms with Gasteiger partial charge in [0, 0.05) is 18.8 Å². The number of thioether (sulfide) groups is 1. The van der Waals surface area contributed by atoms with Crippen molar-refractivity contribution in [1.29, 1.82) is 0 Å². The van der Waals surface area contributed by atoms with Crippen LogP contribution in [0.4, 0.5) is 10.5 Å². The summed E-state index contributed by atoms with van der Waals surface area (Å²) in [4.78, 5) is 35.6. The first-order valence-electron chi connectivity index (χ1n) is 15.1. The molecule has 0 saturated carbocycles. The molecule has 0 aliphatic rings. The second kappa shape index (κ2) is 24.8. The van der Waals surface area contributed by atoms with Gasteiger partial charge in [0.15, 0.2) is 0 Å². The van der Waals surface area contributed by atoms with E-state index in [2.05, 4.69) is 83.6 Å². The minimum atomic E-state index is -1.29. The van der Waals surface area contributed by atoms with Crippen LogP contribution in [0.1, 0.15) is 82.0 Å². The van der Waals surface area contributed by atoms with Crippen LogP contribution in [0.3, 0.4) is 0 Å². The molecule has 9 heteroatoms. The van der Waals surface area contributed by atoms with Gasteiger partial charge in [-0.05, 0) is 81.7 Å². The molecule has 0 fully saturated rings. The van der Waals surface area contributed by atoms with Gasteiger partial charge in [-0.15, -0.1) is 11.8 Å². The molecule has 0 aliphatic heterocycles. The number of carboxylic acid groups (broad SMARTS) is 1. The Labute approximate surface area is 261 Å². The summed E-state index contributed by atoms with van der Waals surface area (Å²) < 4.78 is 0. The number of aromatic hydroxyl groups is 1. The van der Waals surface area contributed by atoms with Crippen LogP contribution in [-0.2, 0) is 4.79 Å². The first kappa shape index (κ1) is 37.3. The Balaban J connectivity index is 2.10. The first-order valence-corrected chi connectivity index (χ1v) is 16.2. The number of nitrogens with one attached hydrogen (secondary N) is 3. The monoisotopic (exact) mass is 611 g/mol. The van der Waals surface area contributed by atoms with Crippen molar-refractivity contribution >= 4 is 35.4 Å². The number of anilines is 1. The van der Waals surface area contributed by atoms with Crippen LogP contribution in [-0.4, -0.2) is 52.2 Å². The summed E-state index contributed by atoms with van der Waals surface area (Å²) >= 11 is 1.66. The van der Waals surface area contributed by atoms with Crippen molar-refractivity contribution in [3.05, 3.63) is 84.5 Å². The number of amides is 3. The Morgan fingerprint density at radius 3 is 1.98 bits per heavy atom. The Hall–Kier alpha value is -3.72. The number of urea groups is 1. The lowest BCUT2D eigenvalue weighted by atomic mass is 10.2. The zero-order valence-electron chi connectivity index (χ0n) is 25.6. The van der Waals surface area contributed by atoms with Crippen molar-refractivity contribution in [3.63, 3.8) is 0 Å². The van der Waals surface area contributed by atoms with E-state index in [4.69, 9.17) is 5.11 Å². The molecule has 3 amide bonds. The molecule has 0 heterocycles. The third-order valence-electron chi connectivity index (χ3n) is 6.10. The highest BCUT2D eigenvalue weighted by Crippen LogP contribution is 2.21. The molecule has 0 aliphatic carbocycles. The summed E-state index contributed by atoms with van der Waals surface area (Å²) in [6, 6.07) is 3.23. The van der Waals surface area contributed by atoms with E-state index in [0.29, 0.717) is 0 Å². The lowest BCUT2D eigenvalue weighted by molar-refractivity contribution is -0.120. The molecule has 0 spiro atoms. The van der Waals surface area contributed by atoms with Gasteiger partial charge in [-0.2, -0.15) is 0 Å². The predicted molar refractivity (Wildman–Crippen MR) is 180 cm³/mol. The van der Waals surface area contributed by atoms with Gasteiger partial charge in [0.05, 0.1) is 5.25 Å². The van der Waals surface area contributed by atoms with E-state index in [0.717, 1.165) is 63.5 Å². The van der Waals surface area contributed by atoms with Crippen LogP contribution in [0.2, 0.25) is 0 Å². The summed E-state index contributed by atoms with van der Waals surface area (Å²) in [5, 5.41) is 26.5. The highest BCUT2D eigenvalue weighted by atomic mass is 32.2. The third-order valence-corrected chi connectivity index (χ3v) is 7.57. The number of carbonyl (C=O) groups excluding carboxylic acids is 2. The van der Waals surface area contributed by atoms with Gasteiger partial charge in [0.25, 0.3) is 0 Å². The second-order valence-corrected chi connectivity index (χ2v) is 11.0. The number of aromatic carboxylic acids is 1. The molecule has 5 N–H and O–H groups in total. The van der Waals surface area contributed by atoms with Gasteiger partial charge in [-0.3, -0.25) is 4.79 Å². The largest absolute Gasteiger partial charge is 0.507 e. The summed E-state index contributed by atoms with van der Waals surface area (Å²) in [5.41, 5.74) is -0.0668. The quantitative estimate of drug-likeness (QED) is 0.0518. The first-order chi connectivity index (χ1) is 20.9. The molecule has 43 heavy (non-hydrogen) atoms. The maximum absolute atomic E-state index is 12.5. The number of allylic oxidation sites excluding steroid dienone is 10. The molecule has 0 bridgehead atoms. The van der Waals surface area contributed by atoms with E-state index >= 15 is 0 Å². The van der Waals surface area contributed by atoms with Crippen molar-refractivity contribution in [2.45, 2.75) is 76.9 Å². The van der Waals surface area contributed by atoms with Crippen molar-refractivity contribution in [2.24, 2.45) is 0 Å². The maximum atomic E-state index is 12.5. The number of carbonyl (C=O) groups is 3. The maximum Gasteiger partial charge on any atom is 0.339 e. The van der Waals surface area contributed by atoms with Gasteiger partial charge in [-0.25, -0.2) is 9.59 Å². The topological polar surface area (TPSA) is 128 Å². The third kappa shape index (κ3) is 19.2. The summed E-state index contributed by atoms with van der Waals surface area (Å²) in [7, 11) is 0. The lowest BCUT2D eigenvalue weighted by Gasteiger charge is -2.15. The van der Waals surface area contributed by atoms with E-state index in [-0.39, 0.29) is 41.2 Å². The molecule has 1 atom stereocenters. The summed E-state index contributed by atoms with van der Waals surface area (Å²) in [6.07, 6.45) is 30.9. The van der Waals surface area contributed by atoms with E-state index < -0.39 is 12.0 Å². The Kier molecular flexibility index (Phi) is 21.5. The van der Waals surface area contributed by atoms with Gasteiger partial charge in [0.2, 0.25) is 5.91 Å². The molecule has 1 aromatic rings. The molecule has 0 radical (unpaired) electrons. The minimum absolute atomic E-state index is 0.0443. The number of carboxylic acids is 1. The number of rotatable bonds is 22. The highest BCUT2D eigenvalue weighted by Gasteiger charge is 2.16. The Morgan fingerprint density at radius 1 is 0.814 bits per heavy atom. The Morgan fingerprint density at radius 2 is 1.40 bits per heavy atom. The summed E-state index contributed by atoms with van der Waals surface area (Å²) in [6.45, 7) is 4.63. The SMILES string of the molecule is CC/C=C\C/C=C\C/C=C\C/C=C\C/C=C\CCCCSC(CC)C(=O)NCCNC(=O)Nc1ccc(O)c(C(=O)O)c1. The fraction of sp³-hybridized carbons (Fsp3) is 0.441. The minimum Gasteiger partial charge on any atom is -0.507 e. The molecule has 0 aromatic heterocycles. The zero-order chi connectivity index (χ0) is 31.5. The standard InChI is InChI=1S/C34H49N3O5S/c1-3-5-6-7-8-9-10-11-12-13-14-15-16-17-18-19-20-21-26-43-31(4-2)32(39)35-24-25-36-34(42)37-28-22-23-30(38)29(27-28)33(40)41/h5-6,8-9,11-12,14-15,17-18,22-23,27,31,38H,3-4,7,10,13,16,19-21,24-26H2,1-2H3,(H,35,39)(H,40,41)(H2,36,37,42)/b6-5-,9-8-,12-11-,15-14-,18-17-. The molecular weight excluding hydrogens is 562 g/mol. The average Bonchev–Trinajstić information content (AvgIpc) is 2.99. The smallest absolute Gasteiger partial charge is 0.339 e. The molecule has 236 valence electrons. The average molecular weight is 612 g/mol. The van der Waals surface area contributed by atoms with Crippen LogP contribution < -0.4 is 16.0 Å². The van der Waals surface area contributed by atoms with E-state index in [1.54, 1.807) is 11.8 Å². The zero-order valence-corrected chi connectivity index (χ0v) is 26.4. The number of hydrogen-bond donors (Lipinski definition) is 5. The van der Waals surface area contributed by atoms with Crippen LogP contribution in [0, 0.1) is 0 Å². The molecule has 0 saturated heterocycles. The lowest BCUT2D eigenvalue weighted by Crippen LogP contribution is -2.39. The fourth-order valence-electron chi connectivity index (χ4n) is 3.77. The van der Waals surface area contributed by atoms with Gasteiger partial charge in [0.1, 0.15) is 11.3 Å². The molecule has 1 aromatic carbocycles. The van der Waals surface area contributed by atoms with Crippen molar-refractivity contribution in [3.8, 4) is 5.75 Å². The number of unbranched alkanes of at least 4 members (excludes halogenated alkanes) is 2. The summed E-state index contributed by atoms with van der Waals surface area (Å²) in [5.74, 6) is -0.799. The highest BCUT2D eigenvalue weighted by molar-refractivity contribution is 8.00. The van der Waals surface area contributed by atoms with Crippen LogP contribution in [0.25, 0.3) is 0 Å². The number of phenols is 1. The van der Waals surface area contributed by atoms with Crippen LogP contribution in [0.15, 0.2) is 79.0 Å². The fourth-order valence-corrected chi connectivity index (χ4v) is 4.90. The van der Waals surface area contributed by atoms with Crippen LogP contribution in [0.5, 0.6) is 5.75 Å². The van der Waals surface area contributed by atoms with Crippen LogP contribution >= 0.6 is 11.8 Å². The van der Waals surface area contributed by atoms with E-state index in [1.165, 1.54) is 18.2 Å². The predicted octanol–water partition coefficient (Wildman–Crippen LogP) is 7.76. The molecule has 8 nitrogen and oxygen atoms in total. The van der Waals surface area contributed by atoms with Crippen molar-refractivity contribution in [2.75, 3.05) is 24.2 Å². The van der Waals surface area contributed by atoms with E-state index in [1.807, 2.05) is 6.92 Å². The number of benzene rings is 1. The van der Waals surface area contributed by atoms with Crippen molar-refractivity contribution < 1.29 is 24.6 Å². The Bertz CT molecular complexity index is 1110. The van der Waals surface area contributed by atoms with Gasteiger partial charge < -0.3 is 26.2 Å². The molecule has 1 unspecified atom stereocenters. The normalized spacial score (nSPS) is 12.6. The molecular formula is C34H49N3O5S. The van der Waals surface area contributed by atoms with Gasteiger partial charge >= 0.3 is 12.0 Å².